The molecule has 0 saturated carbocycles. The van der Waals surface area contributed by atoms with E-state index < -0.39 is 218 Å². The second kappa shape index (κ2) is 45.3. The lowest BCUT2D eigenvalue weighted by molar-refractivity contribution is -0.162. The van der Waals surface area contributed by atoms with Crippen LogP contribution < -0.4 is 76.1 Å². The molecule has 1 aromatic heterocycles. The molecular formula is C73H111N17O19. The fourth-order valence-electron chi connectivity index (χ4n) is 12.2. The zero-order valence-electron chi connectivity index (χ0n) is 63.4. The molecule has 36 nitrogen and oxygen atoms in total. The van der Waals surface area contributed by atoms with Crippen LogP contribution in [0.3, 0.4) is 0 Å². The number of aromatic nitrogens is 1. The Balaban J connectivity index is 1.90. The van der Waals surface area contributed by atoms with Crippen LogP contribution in [0.25, 0.3) is 10.9 Å². The summed E-state index contributed by atoms with van der Waals surface area (Å²) in [6.07, 6.45) is -2.97. The van der Waals surface area contributed by atoms with Gasteiger partial charge in [-0.3, -0.25) is 71.9 Å². The molecule has 0 bridgehead atoms. The van der Waals surface area contributed by atoms with Gasteiger partial charge in [-0.15, -0.1) is 0 Å². The number of H-pyrrole nitrogens is 1. The van der Waals surface area contributed by atoms with Crippen molar-refractivity contribution in [3.63, 3.8) is 0 Å². The maximum absolute atomic E-state index is 15.0. The van der Waals surface area contributed by atoms with Gasteiger partial charge in [0.25, 0.3) is 0 Å². The topological polar surface area (TPSA) is 569 Å². The number of aliphatic hydroxyl groups is 1. The molecule has 4 rings (SSSR count). The molecule has 0 spiro atoms. The van der Waals surface area contributed by atoms with E-state index in [1.807, 2.05) is 13.8 Å². The summed E-state index contributed by atoms with van der Waals surface area (Å²) in [7, 11) is 2.52. The third-order valence-electron chi connectivity index (χ3n) is 18.1. The number of aliphatic carboxylic acids is 1. The SMILES string of the molecule is CC(C)CCC[C@@H]1CC(=O)N[C@@H](C)C(=O)N[C@H](CC(N)=O)C(=O)N[C@@H](CO)C(=O)NCC(=O)N(C)[C@H](Cc2ccccc2)C(=O)N[C@@H](CC(C)C)C(=O)N[C@H](CCCN)C(=O)N[C@@H](CCC(=O)O)C(=O)N[C@H](CC(N)=O)C(=O)N[C@H](Cc2c[nH]c3ccccc23)C(=O)N[C@H](CCCN)C(=O)N(C)[C@@H](C(C)C)C(=O)O1. The molecule has 2 heterocycles. The minimum atomic E-state index is -1.95. The van der Waals surface area contributed by atoms with Gasteiger partial charge in [0.2, 0.25) is 82.7 Å². The lowest BCUT2D eigenvalue weighted by atomic mass is 9.99. The van der Waals surface area contributed by atoms with Gasteiger partial charge in [-0.25, -0.2) is 4.79 Å². The van der Waals surface area contributed by atoms with Crippen molar-refractivity contribution in [3.05, 3.63) is 71.9 Å². The quantitative estimate of drug-likeness (QED) is 0.0377. The first-order chi connectivity index (χ1) is 51.5. The van der Waals surface area contributed by atoms with Crippen molar-refractivity contribution in [2.75, 3.05) is 40.3 Å². The molecule has 1 aliphatic rings. The van der Waals surface area contributed by atoms with E-state index in [0.29, 0.717) is 34.9 Å². The van der Waals surface area contributed by atoms with Gasteiger partial charge in [0.1, 0.15) is 72.6 Å². The molecule has 109 heavy (non-hydrogen) atoms. The highest BCUT2D eigenvalue weighted by molar-refractivity contribution is 6.01. The minimum Gasteiger partial charge on any atom is -0.481 e. The predicted molar refractivity (Wildman–Crippen MR) is 397 cm³/mol. The molecule has 0 radical (unpaired) electrons. The number of carbonyl (C=O) groups is 16. The number of benzene rings is 2. The number of nitrogens with two attached hydrogens (primary N) is 4. The maximum Gasteiger partial charge on any atom is 0.329 e. The predicted octanol–water partition coefficient (Wildman–Crippen LogP) is -2.96. The largest absolute Gasteiger partial charge is 0.481 e. The monoisotopic (exact) mass is 1530 g/mol. The fraction of sp³-hybridized carbons (Fsp3) is 0.589. The van der Waals surface area contributed by atoms with Gasteiger partial charge in [-0.05, 0) is 106 Å². The highest BCUT2D eigenvalue weighted by atomic mass is 16.5. The van der Waals surface area contributed by atoms with Gasteiger partial charge in [-0.1, -0.05) is 96.5 Å². The highest BCUT2D eigenvalue weighted by Crippen LogP contribution is 2.23. The summed E-state index contributed by atoms with van der Waals surface area (Å²) in [6, 6.07) is -2.70. The molecule has 1 aliphatic heterocycles. The average molecular weight is 1530 g/mol. The number of fused-ring (bicyclic) bond motifs is 1. The summed E-state index contributed by atoms with van der Waals surface area (Å²) in [4.78, 5) is 230. The molecule has 14 amide bonds. The fourth-order valence-corrected chi connectivity index (χ4v) is 12.2. The Kier molecular flexibility index (Phi) is 37.7. The van der Waals surface area contributed by atoms with Crippen molar-refractivity contribution in [1.82, 2.24) is 68.0 Å². The Bertz CT molecular complexity index is 3650. The number of para-hydroxylation sites is 1. The van der Waals surface area contributed by atoms with Crippen LogP contribution in [0.15, 0.2) is 60.8 Å². The zero-order chi connectivity index (χ0) is 81.4. The number of nitrogens with zero attached hydrogens (tertiary/aromatic N) is 2. The first-order valence-electron chi connectivity index (χ1n) is 36.6. The lowest BCUT2D eigenvalue weighted by Crippen LogP contribution is -2.61. The summed E-state index contributed by atoms with van der Waals surface area (Å²) < 4.78 is 6.06. The standard InChI is InChI=1S/C73H111N17O19/c1-39(2)18-15-21-45-33-59(94)80-42(7)63(98)84-53(34-57(76)92)70(105)88-55(38-91)64(99)79-37-60(95)89(8)56(31-43-19-11-10-12-20-43)71(106)87-51(30-40(3)4)67(102)81-48(24-16-28-74)65(100)82-49(26-27-61(96)97)66(101)86-54(35-58(77)93)69(104)85-52(32-44-36-78-47-23-14-13-22-46(44)47)68(103)83-50(25-17-29-75)72(107)90(9)62(41(5)6)73(108)109-45/h10-14,19-20,22-23,36,39-42,45,48-56,62,78,91H,15-18,21,24-35,37-38,74-75H2,1-9H3,(H2,76,92)(H2,77,93)(H,79,99)(H,80,94)(H,81,102)(H,82,100)(H,83,103)(H,84,98)(H,85,104)(H,86,101)(H,87,106)(H,88,105)(H,96,97)/t42-,45+,48+,49-,50+,51-,52+,53+,54+,55-,56+,62-/m0/s1. The normalized spacial score (nSPS) is 24.2. The second-order valence-electron chi connectivity index (χ2n) is 28.4. The molecule has 1 saturated heterocycles. The number of cyclic esters (lactones) is 1. The highest BCUT2D eigenvalue weighted by Gasteiger charge is 2.41. The molecule has 3 aromatic rings. The van der Waals surface area contributed by atoms with Gasteiger partial charge in [0.15, 0.2) is 0 Å². The smallest absolute Gasteiger partial charge is 0.329 e. The van der Waals surface area contributed by atoms with Gasteiger partial charge in [0, 0.05) is 50.5 Å². The van der Waals surface area contributed by atoms with Crippen LogP contribution in [0.5, 0.6) is 0 Å². The number of nitrogens with one attached hydrogen (secondary N) is 11. The molecule has 2 aromatic carbocycles. The molecule has 1 fully saturated rings. The molecular weight excluding hydrogens is 1420 g/mol. The lowest BCUT2D eigenvalue weighted by Gasteiger charge is -2.34. The van der Waals surface area contributed by atoms with E-state index in [-0.39, 0.29) is 76.3 Å². The van der Waals surface area contributed by atoms with E-state index in [9.17, 15) is 82.1 Å². The summed E-state index contributed by atoms with van der Waals surface area (Å²) in [5.74, 6) is -17.9. The maximum atomic E-state index is 15.0. The van der Waals surface area contributed by atoms with Crippen LogP contribution >= 0.6 is 0 Å². The van der Waals surface area contributed by atoms with Crippen molar-refractivity contribution >= 4 is 106 Å². The number of carboxylic acid groups (broad SMARTS) is 1. The van der Waals surface area contributed by atoms with Gasteiger partial charge >= 0.3 is 11.9 Å². The van der Waals surface area contributed by atoms with Crippen LogP contribution in [-0.4, -0.2) is 233 Å². The zero-order valence-corrected chi connectivity index (χ0v) is 63.4. The Morgan fingerprint density at radius 3 is 1.61 bits per heavy atom. The number of rotatable bonds is 25. The molecule has 602 valence electrons. The Morgan fingerprint density at radius 2 is 1.06 bits per heavy atom. The Hall–Kier alpha value is -10.6. The van der Waals surface area contributed by atoms with Crippen LogP contribution in [-0.2, 0) is 94.3 Å². The first-order valence-corrected chi connectivity index (χ1v) is 36.6. The van der Waals surface area contributed by atoms with Crippen LogP contribution in [0, 0.1) is 17.8 Å². The average Bonchev–Trinajstić information content (AvgIpc) is 1.75. The summed E-state index contributed by atoms with van der Waals surface area (Å²) in [5.41, 5.74) is 24.6. The van der Waals surface area contributed by atoms with E-state index in [1.54, 1.807) is 88.5 Å². The van der Waals surface area contributed by atoms with Crippen molar-refractivity contribution in [3.8, 4) is 0 Å². The number of aromatic amines is 1. The van der Waals surface area contributed by atoms with E-state index >= 15 is 4.79 Å². The van der Waals surface area contributed by atoms with Crippen LogP contribution in [0.1, 0.15) is 143 Å². The van der Waals surface area contributed by atoms with Crippen LogP contribution in [0.4, 0.5) is 0 Å². The second-order valence-corrected chi connectivity index (χ2v) is 28.4. The van der Waals surface area contributed by atoms with E-state index in [1.165, 1.54) is 21.0 Å². The summed E-state index contributed by atoms with van der Waals surface area (Å²) in [6.45, 7) is 9.80. The van der Waals surface area contributed by atoms with E-state index in [2.05, 4.69) is 58.2 Å². The number of esters is 1. The number of likely N-dealkylation sites (N-methyl/N-ethyl adjacent to an activating group) is 2. The third-order valence-corrected chi connectivity index (χ3v) is 18.1. The molecule has 0 aliphatic carbocycles. The van der Waals surface area contributed by atoms with Crippen molar-refractivity contribution in [2.24, 2.45) is 40.7 Å². The third kappa shape index (κ3) is 30.2. The molecule has 0 unspecified atom stereocenters. The number of hydrogen-bond acceptors (Lipinski definition) is 20. The van der Waals surface area contributed by atoms with Gasteiger partial charge < -0.3 is 106 Å². The number of carboxylic acids is 1. The Morgan fingerprint density at radius 1 is 0.550 bits per heavy atom. The number of hydrogen-bond donors (Lipinski definition) is 17. The van der Waals surface area contributed by atoms with Crippen LogP contribution in [0.2, 0.25) is 0 Å². The first kappa shape index (κ1) is 90.8. The number of amides is 14. The van der Waals surface area contributed by atoms with Gasteiger partial charge in [-0.2, -0.15) is 0 Å². The van der Waals surface area contributed by atoms with Crippen molar-refractivity contribution in [1.29, 1.82) is 0 Å². The Labute approximate surface area is 633 Å². The summed E-state index contributed by atoms with van der Waals surface area (Å²) >= 11 is 0. The number of ether oxygens (including phenoxy) is 1. The molecule has 21 N–H and O–H groups in total. The molecule has 36 heteroatoms. The summed E-state index contributed by atoms with van der Waals surface area (Å²) in [5, 5.41) is 45.6. The number of primary amides is 2. The van der Waals surface area contributed by atoms with Gasteiger partial charge in [0.05, 0.1) is 32.4 Å². The van der Waals surface area contributed by atoms with Crippen molar-refractivity contribution in [2.45, 2.75) is 217 Å². The van der Waals surface area contributed by atoms with Crippen molar-refractivity contribution < 1.29 is 91.7 Å². The van der Waals surface area contributed by atoms with E-state index in [4.69, 9.17) is 27.7 Å². The van der Waals surface area contributed by atoms with E-state index in [0.717, 1.165) is 9.80 Å². The number of aliphatic hydroxyl groups excluding tert-OH is 1. The molecule has 12 atom stereocenters. The number of carbonyl (C=O) groups excluding carboxylic acids is 15. The minimum absolute atomic E-state index is 0.00636.